The second kappa shape index (κ2) is 3.49. The molecule has 0 bridgehead atoms. The summed E-state index contributed by atoms with van der Waals surface area (Å²) < 4.78 is 4.85. The van der Waals surface area contributed by atoms with E-state index >= 15 is 0 Å². The molecule has 5 heteroatoms. The molecule has 62 valence electrons. The molecular weight excluding hydrogens is 184 g/mol. The number of ether oxygens (including phenoxy) is 1. The zero-order chi connectivity index (χ0) is 8.32. The van der Waals surface area contributed by atoms with Gasteiger partial charge in [-0.1, -0.05) is 11.6 Å². The van der Waals surface area contributed by atoms with E-state index in [1.807, 2.05) is 0 Å². The predicted octanol–water partition coefficient (Wildman–Crippen LogP) is 1.14. The fraction of sp³-hybridized carbons (Fsp3) is 0.500. The maximum atomic E-state index is 5.93. The molecule has 0 amide bonds. The fourth-order valence-corrected chi connectivity index (χ4v) is 1.61. The zero-order valence-corrected chi connectivity index (χ0v) is 7.65. The number of hydrogen-bond donors (Lipinski definition) is 1. The normalized spacial score (nSPS) is 16.3. The molecule has 11 heavy (non-hydrogen) atoms. The van der Waals surface area contributed by atoms with Gasteiger partial charge in [0.25, 0.3) is 0 Å². The third kappa shape index (κ3) is 2.13. The number of alkyl halides is 1. The Morgan fingerprint density at radius 3 is 3.09 bits per heavy atom. The van der Waals surface area contributed by atoms with Crippen LogP contribution in [0.4, 0.5) is 0 Å². The number of methoxy groups -OCH3 is 1. The van der Waals surface area contributed by atoms with E-state index in [0.29, 0.717) is 0 Å². The molecule has 2 N–H and O–H groups in total. The largest absolute Gasteiger partial charge is 0.381 e. The van der Waals surface area contributed by atoms with Gasteiger partial charge >= 0.3 is 0 Å². The quantitative estimate of drug-likeness (QED) is 0.577. The second-order valence-electron chi connectivity index (χ2n) is 2.16. The zero-order valence-electron chi connectivity index (χ0n) is 6.08. The van der Waals surface area contributed by atoms with Crippen LogP contribution >= 0.6 is 22.9 Å². The second-order valence-corrected chi connectivity index (χ2v) is 3.72. The van der Waals surface area contributed by atoms with Crippen molar-refractivity contribution >= 4 is 22.9 Å². The van der Waals surface area contributed by atoms with Crippen molar-refractivity contribution in [3.63, 3.8) is 0 Å². The van der Waals surface area contributed by atoms with Crippen molar-refractivity contribution in [1.82, 2.24) is 4.98 Å². The van der Waals surface area contributed by atoms with Crippen LogP contribution in [0, 0.1) is 0 Å². The van der Waals surface area contributed by atoms with Gasteiger partial charge in [0.05, 0.1) is 17.0 Å². The Labute approximate surface area is 74.1 Å². The highest BCUT2D eigenvalue weighted by molar-refractivity contribution is 7.10. The Hall–Kier alpha value is -0.160. The van der Waals surface area contributed by atoms with Crippen LogP contribution in [0.5, 0.6) is 0 Å². The van der Waals surface area contributed by atoms with Crippen molar-refractivity contribution in [2.24, 2.45) is 5.73 Å². The van der Waals surface area contributed by atoms with Crippen LogP contribution in [0.25, 0.3) is 0 Å². The SMILES string of the molecule is COCC(N)(Cl)c1cncs1. The first-order valence-corrected chi connectivity index (χ1v) is 4.28. The van der Waals surface area contributed by atoms with Gasteiger partial charge in [-0.15, -0.1) is 11.3 Å². The van der Waals surface area contributed by atoms with Gasteiger partial charge in [0, 0.05) is 13.3 Å². The molecule has 1 aromatic rings. The van der Waals surface area contributed by atoms with Crippen LogP contribution in [0.3, 0.4) is 0 Å². The van der Waals surface area contributed by atoms with Gasteiger partial charge in [-0.2, -0.15) is 0 Å². The molecule has 0 aliphatic heterocycles. The molecule has 0 aromatic carbocycles. The minimum atomic E-state index is -0.921. The minimum Gasteiger partial charge on any atom is -0.381 e. The van der Waals surface area contributed by atoms with Gasteiger partial charge in [0.1, 0.15) is 0 Å². The number of aromatic nitrogens is 1. The van der Waals surface area contributed by atoms with E-state index in [0.717, 1.165) is 4.88 Å². The van der Waals surface area contributed by atoms with Crippen molar-refractivity contribution in [3.05, 3.63) is 16.6 Å². The Kier molecular flexibility index (Phi) is 2.84. The fourth-order valence-electron chi connectivity index (χ4n) is 0.702. The molecule has 0 spiro atoms. The van der Waals surface area contributed by atoms with E-state index in [9.17, 15) is 0 Å². The van der Waals surface area contributed by atoms with Crippen LogP contribution in [0.2, 0.25) is 0 Å². The summed E-state index contributed by atoms with van der Waals surface area (Å²) in [7, 11) is 1.56. The van der Waals surface area contributed by atoms with Crippen LogP contribution in [0.1, 0.15) is 4.88 Å². The summed E-state index contributed by atoms with van der Waals surface area (Å²) in [5, 5.41) is 0. The van der Waals surface area contributed by atoms with Gasteiger partial charge in [-0.25, -0.2) is 0 Å². The topological polar surface area (TPSA) is 48.1 Å². The monoisotopic (exact) mass is 192 g/mol. The number of nitrogens with zero attached hydrogens (tertiary/aromatic N) is 1. The van der Waals surface area contributed by atoms with Gasteiger partial charge in [-0.3, -0.25) is 4.98 Å². The molecule has 3 nitrogen and oxygen atoms in total. The summed E-state index contributed by atoms with van der Waals surface area (Å²) in [4.78, 5) is 3.77. The van der Waals surface area contributed by atoms with Crippen LogP contribution in [-0.2, 0) is 9.73 Å². The molecule has 1 aromatic heterocycles. The molecule has 0 radical (unpaired) electrons. The highest BCUT2D eigenvalue weighted by Gasteiger charge is 2.25. The van der Waals surface area contributed by atoms with Crippen LogP contribution in [-0.4, -0.2) is 18.7 Å². The van der Waals surface area contributed by atoms with Crippen molar-refractivity contribution in [1.29, 1.82) is 0 Å². The molecule has 0 aliphatic carbocycles. The van der Waals surface area contributed by atoms with Gasteiger partial charge < -0.3 is 10.5 Å². The maximum absolute atomic E-state index is 5.93. The lowest BCUT2D eigenvalue weighted by molar-refractivity contribution is 0.168. The molecule has 0 fully saturated rings. The number of rotatable bonds is 3. The summed E-state index contributed by atoms with van der Waals surface area (Å²) >= 11 is 7.35. The molecule has 1 unspecified atom stereocenters. The lowest BCUT2D eigenvalue weighted by Crippen LogP contribution is -2.34. The molecule has 0 saturated heterocycles. The minimum absolute atomic E-state index is 0.288. The molecule has 1 rings (SSSR count). The number of thiazole rings is 1. The lowest BCUT2D eigenvalue weighted by atomic mass is 10.3. The maximum Gasteiger partial charge on any atom is 0.151 e. The van der Waals surface area contributed by atoms with Gasteiger partial charge in [-0.05, 0) is 0 Å². The van der Waals surface area contributed by atoms with Crippen molar-refractivity contribution in [2.75, 3.05) is 13.7 Å². The number of hydrogen-bond acceptors (Lipinski definition) is 4. The molecular formula is C6H9ClN2OS. The smallest absolute Gasteiger partial charge is 0.151 e. The summed E-state index contributed by atoms with van der Waals surface area (Å²) in [6.07, 6.45) is 1.65. The first-order valence-electron chi connectivity index (χ1n) is 3.02. The van der Waals surface area contributed by atoms with E-state index in [2.05, 4.69) is 4.98 Å². The van der Waals surface area contributed by atoms with Crippen molar-refractivity contribution in [3.8, 4) is 0 Å². The van der Waals surface area contributed by atoms with E-state index in [-0.39, 0.29) is 6.61 Å². The third-order valence-electron chi connectivity index (χ3n) is 1.20. The standard InChI is InChI=1S/C6H9ClN2OS/c1-10-3-6(7,8)5-2-9-4-11-5/h2,4H,3,8H2,1H3. The summed E-state index contributed by atoms with van der Waals surface area (Å²) in [5.41, 5.74) is 7.39. The lowest BCUT2D eigenvalue weighted by Gasteiger charge is -2.17. The highest BCUT2D eigenvalue weighted by atomic mass is 35.5. The Balaban J connectivity index is 2.73. The molecule has 1 heterocycles. The molecule has 0 aliphatic rings. The van der Waals surface area contributed by atoms with Gasteiger partial charge in [0.2, 0.25) is 0 Å². The predicted molar refractivity (Wildman–Crippen MR) is 45.7 cm³/mol. The number of nitrogens with two attached hydrogens (primary N) is 1. The Bertz CT molecular complexity index is 212. The van der Waals surface area contributed by atoms with Crippen molar-refractivity contribution < 1.29 is 4.74 Å². The summed E-state index contributed by atoms with van der Waals surface area (Å²) in [5.74, 6) is 0. The van der Waals surface area contributed by atoms with Gasteiger partial charge in [0.15, 0.2) is 5.00 Å². The summed E-state index contributed by atoms with van der Waals surface area (Å²) in [6, 6.07) is 0. The van der Waals surface area contributed by atoms with E-state index < -0.39 is 5.00 Å². The third-order valence-corrected chi connectivity index (χ3v) is 2.57. The van der Waals surface area contributed by atoms with Crippen LogP contribution < -0.4 is 5.73 Å². The first kappa shape index (κ1) is 8.93. The number of halogens is 1. The first-order chi connectivity index (χ1) is 5.17. The van der Waals surface area contributed by atoms with Crippen molar-refractivity contribution in [2.45, 2.75) is 5.00 Å². The van der Waals surface area contributed by atoms with Crippen LogP contribution in [0.15, 0.2) is 11.7 Å². The molecule has 1 atom stereocenters. The Morgan fingerprint density at radius 2 is 2.64 bits per heavy atom. The van der Waals surface area contributed by atoms with E-state index in [1.165, 1.54) is 11.3 Å². The Morgan fingerprint density at radius 1 is 1.91 bits per heavy atom. The summed E-state index contributed by atoms with van der Waals surface area (Å²) in [6.45, 7) is 0.288. The van der Waals surface area contributed by atoms with E-state index in [1.54, 1.807) is 18.8 Å². The highest BCUT2D eigenvalue weighted by Crippen LogP contribution is 2.25. The average molecular weight is 193 g/mol. The van der Waals surface area contributed by atoms with E-state index in [4.69, 9.17) is 22.1 Å². The molecule has 0 saturated carbocycles. The average Bonchev–Trinajstić information content (AvgIpc) is 2.37.